The van der Waals surface area contributed by atoms with E-state index in [1.807, 2.05) is 59.7 Å². The van der Waals surface area contributed by atoms with Gasteiger partial charge in [0.1, 0.15) is 28.8 Å². The predicted octanol–water partition coefficient (Wildman–Crippen LogP) is 8.40. The highest BCUT2D eigenvalue weighted by Crippen LogP contribution is 2.39. The average molecular weight is 651 g/mol. The molecule has 3 aromatic carbocycles. The van der Waals surface area contributed by atoms with Crippen LogP contribution >= 0.6 is 11.8 Å². The molecule has 0 radical (unpaired) electrons. The van der Waals surface area contributed by atoms with E-state index < -0.39 is 17.6 Å². The summed E-state index contributed by atoms with van der Waals surface area (Å²) in [6.45, 7) is 12.0. The molecule has 0 unspecified atom stereocenters. The molecule has 0 aromatic heterocycles. The van der Waals surface area contributed by atoms with Crippen molar-refractivity contribution in [1.82, 2.24) is 0 Å². The minimum atomic E-state index is -4.43. The molecule has 1 fully saturated rings. The summed E-state index contributed by atoms with van der Waals surface area (Å²) in [4.78, 5) is 35.4. The van der Waals surface area contributed by atoms with Gasteiger partial charge in [0.2, 0.25) is 5.91 Å². The van der Waals surface area contributed by atoms with Gasteiger partial charge in [0, 0.05) is 11.3 Å². The van der Waals surface area contributed by atoms with Crippen LogP contribution in [0.1, 0.15) is 64.2 Å². The first kappa shape index (κ1) is 37.3. The van der Waals surface area contributed by atoms with Crippen molar-refractivity contribution in [2.24, 2.45) is 15.7 Å². The van der Waals surface area contributed by atoms with Gasteiger partial charge in [-0.2, -0.15) is 18.4 Å². The quantitative estimate of drug-likeness (QED) is 0.115. The highest BCUT2D eigenvalue weighted by molar-refractivity contribution is 8.04. The monoisotopic (exact) mass is 650 g/mol. The van der Waals surface area contributed by atoms with Crippen LogP contribution in [0.5, 0.6) is 0 Å². The van der Waals surface area contributed by atoms with Gasteiger partial charge in [-0.05, 0) is 66.1 Å². The van der Waals surface area contributed by atoms with Gasteiger partial charge >= 0.3 is 6.18 Å². The summed E-state index contributed by atoms with van der Waals surface area (Å²) in [5, 5.41) is 12.8. The first-order valence-corrected chi connectivity index (χ1v) is 15.6. The molecule has 1 saturated heterocycles. The largest absolute Gasteiger partial charge is 0.416 e. The highest BCUT2D eigenvalue weighted by Gasteiger charge is 2.34. The van der Waals surface area contributed by atoms with E-state index in [4.69, 9.17) is 5.73 Å². The molecule has 2 amide bonds. The van der Waals surface area contributed by atoms with Gasteiger partial charge in [-0.25, -0.2) is 9.98 Å². The topological polar surface area (TPSA) is 124 Å². The number of nitrogens with zero attached hydrogens (tertiary/aromatic N) is 4. The summed E-state index contributed by atoms with van der Waals surface area (Å²) in [6, 6.07) is 20.0. The number of alkyl halides is 3. The van der Waals surface area contributed by atoms with E-state index in [2.05, 4.69) is 15.3 Å². The molecule has 12 heteroatoms. The summed E-state index contributed by atoms with van der Waals surface area (Å²) >= 11 is 1.14. The van der Waals surface area contributed by atoms with Crippen LogP contribution in [0.2, 0.25) is 0 Å². The lowest BCUT2D eigenvalue weighted by Gasteiger charge is -2.23. The van der Waals surface area contributed by atoms with Crippen molar-refractivity contribution in [2.75, 3.05) is 16.0 Å². The van der Waals surface area contributed by atoms with Crippen LogP contribution < -0.4 is 16.0 Å². The van der Waals surface area contributed by atoms with Gasteiger partial charge in [-0.3, -0.25) is 14.5 Å². The van der Waals surface area contributed by atoms with E-state index in [0.717, 1.165) is 35.8 Å². The molecule has 242 valence electrons. The van der Waals surface area contributed by atoms with Crippen LogP contribution in [0.4, 0.5) is 30.2 Å². The minimum absolute atomic E-state index is 0.0868. The van der Waals surface area contributed by atoms with E-state index in [1.165, 1.54) is 17.0 Å². The fourth-order valence-corrected chi connectivity index (χ4v) is 5.06. The SMILES string of the molecule is CC.CC.CC(C)c1ccccc1N1C(=O)CS/C1=C(/C#N)C(=O)Nc1ccc(C(N)=NC=Nc2ccc(C(F)(F)F)cc2)cc1. The molecule has 3 aromatic rings. The van der Waals surface area contributed by atoms with Gasteiger partial charge in [0.25, 0.3) is 5.91 Å². The van der Waals surface area contributed by atoms with Crippen LogP contribution in [-0.2, 0) is 15.8 Å². The van der Waals surface area contributed by atoms with Crippen molar-refractivity contribution >= 4 is 52.8 Å². The summed E-state index contributed by atoms with van der Waals surface area (Å²) in [5.41, 5.74) is 7.74. The van der Waals surface area contributed by atoms with Crippen LogP contribution in [0.15, 0.2) is 93.4 Å². The van der Waals surface area contributed by atoms with Crippen molar-refractivity contribution in [3.63, 3.8) is 0 Å². The first-order valence-electron chi connectivity index (χ1n) is 14.6. The van der Waals surface area contributed by atoms with E-state index in [9.17, 15) is 28.0 Å². The Kier molecular flexibility index (Phi) is 14.2. The molecule has 1 heterocycles. The van der Waals surface area contributed by atoms with E-state index in [1.54, 1.807) is 36.4 Å². The Balaban J connectivity index is 0.00000177. The smallest absolute Gasteiger partial charge is 0.383 e. The fourth-order valence-electron chi connectivity index (χ4n) is 4.06. The third kappa shape index (κ3) is 9.55. The minimum Gasteiger partial charge on any atom is -0.383 e. The number of anilines is 2. The second-order valence-electron chi connectivity index (χ2n) is 9.36. The van der Waals surface area contributed by atoms with Crippen molar-refractivity contribution in [2.45, 2.75) is 53.6 Å². The maximum absolute atomic E-state index is 13.1. The second kappa shape index (κ2) is 17.6. The van der Waals surface area contributed by atoms with Crippen molar-refractivity contribution in [3.05, 3.63) is 100 Å². The molecule has 0 atom stereocenters. The molecular weight excluding hydrogens is 613 g/mol. The molecule has 1 aliphatic rings. The van der Waals surface area contributed by atoms with Gasteiger partial charge in [-0.1, -0.05) is 71.5 Å². The number of rotatable bonds is 7. The maximum Gasteiger partial charge on any atom is 0.416 e. The molecule has 0 aliphatic carbocycles. The molecular formula is C34H37F3N6O2S. The van der Waals surface area contributed by atoms with Crippen LogP contribution in [0.3, 0.4) is 0 Å². The summed E-state index contributed by atoms with van der Waals surface area (Å²) in [5.74, 6) is -0.575. The zero-order valence-corrected chi connectivity index (χ0v) is 27.3. The molecule has 0 bridgehead atoms. The zero-order chi connectivity index (χ0) is 34.4. The van der Waals surface area contributed by atoms with E-state index in [0.29, 0.717) is 16.9 Å². The number of amidine groups is 1. The lowest BCUT2D eigenvalue weighted by Crippen LogP contribution is -2.28. The summed E-state index contributed by atoms with van der Waals surface area (Å²) in [6.07, 6.45) is -3.30. The number of carbonyl (C=O) groups excluding carboxylic acids is 2. The Morgan fingerprint density at radius 1 is 1.02 bits per heavy atom. The Morgan fingerprint density at radius 2 is 1.63 bits per heavy atom. The zero-order valence-electron chi connectivity index (χ0n) is 26.5. The molecule has 1 aliphatic heterocycles. The number of benzene rings is 3. The van der Waals surface area contributed by atoms with E-state index >= 15 is 0 Å². The Labute approximate surface area is 271 Å². The van der Waals surface area contributed by atoms with Crippen molar-refractivity contribution < 1.29 is 22.8 Å². The molecule has 3 N–H and O–H groups in total. The fraction of sp³-hybridized carbons (Fsp3) is 0.265. The van der Waals surface area contributed by atoms with Crippen LogP contribution in [0, 0.1) is 11.3 Å². The number of amides is 2. The number of nitrogens with one attached hydrogen (secondary N) is 1. The van der Waals surface area contributed by atoms with Gasteiger partial charge in [-0.15, -0.1) is 0 Å². The summed E-state index contributed by atoms with van der Waals surface area (Å²) in [7, 11) is 0. The third-order valence-electron chi connectivity index (χ3n) is 6.17. The van der Waals surface area contributed by atoms with Crippen LogP contribution in [0.25, 0.3) is 0 Å². The maximum atomic E-state index is 13.1. The average Bonchev–Trinajstić information content (AvgIpc) is 3.43. The Bertz CT molecular complexity index is 1620. The first-order chi connectivity index (χ1) is 22.0. The number of nitrogens with two attached hydrogens (primary N) is 1. The second-order valence-corrected chi connectivity index (χ2v) is 10.3. The number of hydrogen-bond donors (Lipinski definition) is 2. The highest BCUT2D eigenvalue weighted by atomic mass is 32.2. The van der Waals surface area contributed by atoms with E-state index in [-0.39, 0.29) is 39.7 Å². The molecule has 46 heavy (non-hydrogen) atoms. The standard InChI is InChI=1S/C30H25F3N6O2S.2C2H6/c1-18(2)23-5-3-4-6-25(23)39-26(40)16-42-29(39)24(15-34)28(41)38-22-11-7-19(8-12-22)27(35)37-17-36-21-13-9-20(10-14-21)30(31,32)33;2*1-2/h3-14,17-18H,16H2,1-2H3,(H,38,41)(H2,35,36,37);2*1-2H3/b29-24-;;. The number of hydrogen-bond acceptors (Lipinski definition) is 5. The molecule has 4 rings (SSSR count). The van der Waals surface area contributed by atoms with Crippen molar-refractivity contribution in [1.29, 1.82) is 5.26 Å². The van der Waals surface area contributed by atoms with Gasteiger partial charge in [0.05, 0.1) is 22.7 Å². The number of thioether (sulfide) groups is 1. The number of aliphatic imine (C=N–C) groups is 2. The lowest BCUT2D eigenvalue weighted by atomic mass is 10.0. The predicted molar refractivity (Wildman–Crippen MR) is 181 cm³/mol. The Hall–Kier alpha value is -4.89. The lowest BCUT2D eigenvalue weighted by molar-refractivity contribution is -0.137. The van der Waals surface area contributed by atoms with Crippen LogP contribution in [-0.4, -0.2) is 29.7 Å². The third-order valence-corrected chi connectivity index (χ3v) is 7.23. The summed E-state index contributed by atoms with van der Waals surface area (Å²) < 4.78 is 38.1. The van der Waals surface area contributed by atoms with Crippen molar-refractivity contribution in [3.8, 4) is 6.07 Å². The van der Waals surface area contributed by atoms with Gasteiger partial charge in [0.15, 0.2) is 0 Å². The Morgan fingerprint density at radius 3 is 2.20 bits per heavy atom. The molecule has 8 nitrogen and oxygen atoms in total. The molecule has 0 spiro atoms. The number of para-hydroxylation sites is 1. The molecule has 0 saturated carbocycles. The van der Waals surface area contributed by atoms with Gasteiger partial charge < -0.3 is 11.1 Å². The number of nitriles is 1. The number of carbonyl (C=O) groups is 2. The number of halogens is 3. The normalized spacial score (nSPS) is 14.2.